The van der Waals surface area contributed by atoms with Crippen LogP contribution in [0.25, 0.3) is 43.1 Å². The number of pyridine rings is 2. The van der Waals surface area contributed by atoms with Gasteiger partial charge in [-0.25, -0.2) is 0 Å². The van der Waals surface area contributed by atoms with E-state index in [0.717, 1.165) is 54.7 Å². The third-order valence-electron chi connectivity index (χ3n) is 19.5. The van der Waals surface area contributed by atoms with Gasteiger partial charge in [0.15, 0.2) is 6.23 Å². The lowest BCUT2D eigenvalue weighted by Crippen LogP contribution is -2.48. The standard InChI is InChI=1S/C24H34O5.C24H34O4.C23H33NO4S.C23H33NO3S/c1-22(2,3)28-14-20-21(29-23(4,5)6)24(25,15-27-20)18-12-16-10-8-9-11-17(16)13-19(18)26-7;1-23(2,3)27-15-21-22(28-24(4,5)6)19(14-26-21)18-12-16-10-8-9-11-17(16)13-20(18)25-7;1-14-8-9-16-15(12-14)10-11-24(21(16)29)20-18(25)19(28-23(5,6)7)17(27-20)13-26-22(2,3)4;1-15-8-9-17-16(12-15)10-11-24(21(17)28)20-13-18(27-23(5,6)7)19(26-20)14-25-22(2,3)4/h8-13,20-21,25H,14-15H2,1-7H3;8-13,19,21-22H,14-15H2,1-7H3;8-12,17-20,25H,13H2,1-7H3;8-12,18-20H,13-14H2,1-7H3/t20-,21?,24?;19?,21-,22?;17-,18?,19+,20-;18-,19-,20-/m1111/s1. The van der Waals surface area contributed by atoms with Crippen molar-refractivity contribution in [3.05, 3.63) is 165 Å². The summed E-state index contributed by atoms with van der Waals surface area (Å²) < 4.78 is 90.9. The highest BCUT2D eigenvalue weighted by Gasteiger charge is 2.54. The zero-order valence-electron chi connectivity index (χ0n) is 73.4. The number of hydrogen-bond acceptors (Lipinski definition) is 18. The van der Waals surface area contributed by atoms with Crippen LogP contribution in [-0.4, -0.2) is 173 Å². The fraction of sp³-hybridized carbons (Fsp3) is 0.596. The van der Waals surface area contributed by atoms with Gasteiger partial charge in [-0.05, 0) is 249 Å². The first-order chi connectivity index (χ1) is 52.8. The number of hydrogen-bond donors (Lipinski definition) is 2. The number of aliphatic hydroxyl groups excluding tert-OH is 1. The molecule has 2 N–H and O–H groups in total. The number of rotatable bonds is 18. The van der Waals surface area contributed by atoms with Gasteiger partial charge in [0.25, 0.3) is 0 Å². The maximum absolute atomic E-state index is 11.9. The van der Waals surface area contributed by atoms with Crippen LogP contribution in [0, 0.1) is 23.1 Å². The fourth-order valence-corrected chi connectivity index (χ4v) is 15.2. The maximum Gasteiger partial charge on any atom is 0.163 e. The van der Waals surface area contributed by atoms with E-state index < -0.39 is 53.6 Å². The van der Waals surface area contributed by atoms with Crippen LogP contribution in [-0.2, 0) is 62.4 Å². The van der Waals surface area contributed by atoms with Crippen LogP contribution in [0.4, 0.5) is 0 Å². The van der Waals surface area contributed by atoms with E-state index in [-0.39, 0.29) is 76.8 Å². The number of ether oxygens (including phenoxy) is 14. The van der Waals surface area contributed by atoms with E-state index in [1.54, 1.807) is 14.2 Å². The lowest BCUT2D eigenvalue weighted by atomic mass is 9.85. The maximum atomic E-state index is 11.9. The van der Waals surface area contributed by atoms with Gasteiger partial charge in [0.2, 0.25) is 0 Å². The molecular formula is C94H134N2O16S2. The van der Waals surface area contributed by atoms with Crippen LogP contribution in [0.5, 0.6) is 11.5 Å². The van der Waals surface area contributed by atoms with Crippen LogP contribution < -0.4 is 9.47 Å². The molecule has 0 spiro atoms. The molecule has 4 aliphatic heterocycles. The lowest BCUT2D eigenvalue weighted by molar-refractivity contribution is -0.163. The van der Waals surface area contributed by atoms with Gasteiger partial charge in [0.05, 0.1) is 111 Å². The van der Waals surface area contributed by atoms with E-state index in [1.165, 1.54) is 21.9 Å². The number of fused-ring (bicyclic) bond motifs is 4. The van der Waals surface area contributed by atoms with E-state index in [0.29, 0.717) is 49.0 Å². The van der Waals surface area contributed by atoms with Crippen molar-refractivity contribution in [3.63, 3.8) is 0 Å². The van der Waals surface area contributed by atoms with Crippen molar-refractivity contribution >= 4 is 67.5 Å². The summed E-state index contributed by atoms with van der Waals surface area (Å²) >= 11 is 11.5. The summed E-state index contributed by atoms with van der Waals surface area (Å²) in [6.45, 7) is 55.2. The number of benzene rings is 6. The second-order valence-electron chi connectivity index (χ2n) is 38.8. The van der Waals surface area contributed by atoms with Crippen LogP contribution >= 0.6 is 24.4 Å². The number of nitrogens with zero attached hydrogens (tertiary/aromatic N) is 2. The van der Waals surface area contributed by atoms with Crippen molar-refractivity contribution < 1.29 is 76.5 Å². The molecule has 4 fully saturated rings. The largest absolute Gasteiger partial charge is 0.496 e. The van der Waals surface area contributed by atoms with E-state index in [9.17, 15) is 10.2 Å². The molecule has 4 saturated heterocycles. The van der Waals surface area contributed by atoms with Crippen molar-refractivity contribution in [2.75, 3.05) is 53.9 Å². The molecule has 4 aliphatic rings. The molecule has 6 heterocycles. The Morgan fingerprint density at radius 1 is 0.439 bits per heavy atom. The van der Waals surface area contributed by atoms with Gasteiger partial charge in [-0.2, -0.15) is 0 Å². The highest BCUT2D eigenvalue weighted by molar-refractivity contribution is 7.71. The molecule has 5 unspecified atom stereocenters. The van der Waals surface area contributed by atoms with Gasteiger partial charge in [0, 0.05) is 46.6 Å². The minimum atomic E-state index is -1.35. The van der Waals surface area contributed by atoms with Gasteiger partial charge < -0.3 is 85.7 Å². The fourth-order valence-electron chi connectivity index (χ4n) is 14.5. The molecule has 628 valence electrons. The molecule has 0 aliphatic carbocycles. The first-order valence-electron chi connectivity index (χ1n) is 40.4. The average molecular weight is 1610 g/mol. The topological polar surface area (TPSA) is 180 Å². The summed E-state index contributed by atoms with van der Waals surface area (Å²) in [7, 11) is 3.34. The number of aryl methyl sites for hydroxylation is 2. The molecular weight excluding hydrogens is 1480 g/mol. The van der Waals surface area contributed by atoms with Crippen LogP contribution in [0.15, 0.2) is 134 Å². The third-order valence-corrected chi connectivity index (χ3v) is 20.4. The summed E-state index contributed by atoms with van der Waals surface area (Å²) in [5.41, 5.74) is 0.407. The Kier molecular flexibility index (Phi) is 29.7. The van der Waals surface area contributed by atoms with Gasteiger partial charge >= 0.3 is 0 Å². The Hall–Kier alpha value is -5.86. The molecule has 0 bridgehead atoms. The van der Waals surface area contributed by atoms with E-state index in [1.807, 2.05) is 161 Å². The minimum Gasteiger partial charge on any atom is -0.496 e. The first kappa shape index (κ1) is 92.0. The van der Waals surface area contributed by atoms with Crippen molar-refractivity contribution in [1.29, 1.82) is 0 Å². The van der Waals surface area contributed by atoms with Crippen molar-refractivity contribution in [1.82, 2.24) is 9.13 Å². The molecule has 6 aromatic carbocycles. The van der Waals surface area contributed by atoms with Gasteiger partial charge in [-0.1, -0.05) is 120 Å². The van der Waals surface area contributed by atoms with E-state index in [4.69, 9.17) is 90.8 Å². The zero-order valence-corrected chi connectivity index (χ0v) is 75.0. The second-order valence-corrected chi connectivity index (χ2v) is 39.5. The highest BCUT2D eigenvalue weighted by atomic mass is 32.1. The second kappa shape index (κ2) is 36.8. The molecule has 0 amide bonds. The summed E-state index contributed by atoms with van der Waals surface area (Å²) in [5, 5.41) is 31.7. The van der Waals surface area contributed by atoms with E-state index >= 15 is 0 Å². The minimum absolute atomic E-state index is 0.0389. The highest BCUT2D eigenvalue weighted by Crippen LogP contribution is 2.46. The summed E-state index contributed by atoms with van der Waals surface area (Å²) in [5.74, 6) is 1.59. The molecule has 13 atom stereocenters. The van der Waals surface area contributed by atoms with Crippen LogP contribution in [0.2, 0.25) is 0 Å². The third kappa shape index (κ3) is 25.3. The zero-order chi connectivity index (χ0) is 84.2. The van der Waals surface area contributed by atoms with Crippen molar-refractivity contribution in [3.8, 4) is 11.5 Å². The molecule has 114 heavy (non-hydrogen) atoms. The quantitative estimate of drug-likeness (QED) is 0.0774. The Morgan fingerprint density at radius 2 is 0.868 bits per heavy atom. The lowest BCUT2D eigenvalue weighted by Gasteiger charge is -2.37. The molecule has 8 aromatic rings. The Labute approximate surface area is 690 Å². The molecule has 0 radical (unpaired) electrons. The number of aliphatic hydroxyl groups is 2. The van der Waals surface area contributed by atoms with E-state index in [2.05, 4.69) is 162 Å². The number of aromatic nitrogens is 2. The molecule has 18 nitrogen and oxygen atoms in total. The Morgan fingerprint density at radius 3 is 1.35 bits per heavy atom. The Bertz CT molecular complexity index is 4630. The van der Waals surface area contributed by atoms with Crippen LogP contribution in [0.3, 0.4) is 0 Å². The van der Waals surface area contributed by atoms with Gasteiger partial charge in [0.1, 0.15) is 75.3 Å². The van der Waals surface area contributed by atoms with Crippen molar-refractivity contribution in [2.24, 2.45) is 0 Å². The molecule has 0 saturated carbocycles. The van der Waals surface area contributed by atoms with Gasteiger partial charge in [-0.15, -0.1) is 0 Å². The van der Waals surface area contributed by atoms with Crippen molar-refractivity contribution in [2.45, 2.75) is 310 Å². The normalized spacial score (nSPS) is 24.5. The predicted octanol–water partition coefficient (Wildman–Crippen LogP) is 20.7. The molecule has 2 aromatic heterocycles. The SMILES string of the molecule is COc1cc2ccccc2cc1C1(O)CO[C@H](COC(C)(C)C)C1OC(C)(C)C.COc1cc2ccccc2cc1C1CO[C@H](COC(C)(C)C)C1OC(C)(C)C.Cc1ccc2c(=S)n([C@@H]3O[C@H](COC(C)(C)C)[C@H](OC(C)(C)C)C3O)ccc2c1.Cc1ccc2c(=S)n([C@H]3C[C@@H](OC(C)(C)C)[C@@H](COC(C)(C)C)O3)ccc2c1. The summed E-state index contributed by atoms with van der Waals surface area (Å²) in [4.78, 5) is 0. The summed E-state index contributed by atoms with van der Waals surface area (Å²) in [6, 6.07) is 41.3. The molecule has 12 rings (SSSR count). The van der Waals surface area contributed by atoms with Gasteiger partial charge in [-0.3, -0.25) is 0 Å². The summed E-state index contributed by atoms with van der Waals surface area (Å²) in [6.07, 6.45) is 0.747. The average Bonchev–Trinajstić information content (AvgIpc) is 1.54. The van der Waals surface area contributed by atoms with Crippen LogP contribution in [0.1, 0.15) is 213 Å². The Balaban J connectivity index is 0.000000174. The number of methoxy groups -OCH3 is 2. The smallest absolute Gasteiger partial charge is 0.163 e. The predicted molar refractivity (Wildman–Crippen MR) is 462 cm³/mol. The molecule has 20 heteroatoms. The monoisotopic (exact) mass is 1610 g/mol. The first-order valence-corrected chi connectivity index (χ1v) is 41.2.